The number of esters is 2. The van der Waals surface area contributed by atoms with Gasteiger partial charge in [0.15, 0.2) is 0 Å². The van der Waals surface area contributed by atoms with Crippen molar-refractivity contribution in [2.45, 2.75) is 19.9 Å². The highest BCUT2D eigenvalue weighted by atomic mass is 32.1. The smallest absolute Gasteiger partial charge is 0.340 e. The lowest BCUT2D eigenvalue weighted by Crippen LogP contribution is -2.48. The lowest BCUT2D eigenvalue weighted by atomic mass is 10.3. The van der Waals surface area contributed by atoms with Crippen molar-refractivity contribution < 1.29 is 23.9 Å². The maximum atomic E-state index is 11.7. The number of nitrogens with zero attached hydrogens (tertiary/aromatic N) is 2. The lowest BCUT2D eigenvalue weighted by molar-refractivity contribution is -0.157. The maximum absolute atomic E-state index is 11.7. The van der Waals surface area contributed by atoms with Crippen LogP contribution in [-0.4, -0.2) is 46.7 Å². The fourth-order valence-corrected chi connectivity index (χ4v) is 1.55. The predicted molar refractivity (Wildman–Crippen MR) is 64.4 cm³/mol. The number of hydrogen-bond acceptors (Lipinski definition) is 8. The van der Waals surface area contributed by atoms with E-state index in [0.717, 1.165) is 11.5 Å². The van der Waals surface area contributed by atoms with Crippen LogP contribution >= 0.6 is 11.5 Å². The van der Waals surface area contributed by atoms with Gasteiger partial charge < -0.3 is 14.8 Å². The van der Waals surface area contributed by atoms with Crippen molar-refractivity contribution in [1.82, 2.24) is 14.9 Å². The molecule has 1 N–H and O–H groups in total. The Kier molecular flexibility index (Phi) is 5.86. The van der Waals surface area contributed by atoms with E-state index in [1.165, 1.54) is 6.20 Å². The van der Waals surface area contributed by atoms with E-state index >= 15 is 0 Å². The molecule has 0 spiro atoms. The van der Waals surface area contributed by atoms with Crippen LogP contribution in [0.5, 0.6) is 0 Å². The Morgan fingerprint density at radius 2 is 1.84 bits per heavy atom. The number of ether oxygens (including phenoxy) is 2. The normalized spacial score (nSPS) is 10.1. The van der Waals surface area contributed by atoms with Crippen molar-refractivity contribution in [3.8, 4) is 0 Å². The topological polar surface area (TPSA) is 107 Å². The second-order valence-electron chi connectivity index (χ2n) is 3.19. The van der Waals surface area contributed by atoms with Gasteiger partial charge in [0.25, 0.3) is 5.91 Å². The molecule has 0 atom stereocenters. The summed E-state index contributed by atoms with van der Waals surface area (Å²) in [5.74, 6) is -2.38. The van der Waals surface area contributed by atoms with Crippen molar-refractivity contribution in [2.24, 2.45) is 0 Å². The van der Waals surface area contributed by atoms with Gasteiger partial charge in [0.1, 0.15) is 4.88 Å². The first kappa shape index (κ1) is 15.0. The number of amides is 1. The molecule has 0 radical (unpaired) electrons. The minimum absolute atomic E-state index is 0.0900. The highest BCUT2D eigenvalue weighted by molar-refractivity contribution is 7.07. The molecule has 1 aromatic rings. The fraction of sp³-hybridized carbons (Fsp3) is 0.500. The van der Waals surface area contributed by atoms with Crippen LogP contribution < -0.4 is 5.32 Å². The molecule has 8 nitrogen and oxygen atoms in total. The standard InChI is InChI=1S/C10H13N3O5S/c1-3-17-9(15)7(10(16)18-4-2)12-8(14)6-5-11-13-19-6/h5,7H,3-4H2,1-2H3,(H,12,14). The Balaban J connectivity index is 2.76. The van der Waals surface area contributed by atoms with Crippen LogP contribution in [0.15, 0.2) is 6.20 Å². The van der Waals surface area contributed by atoms with E-state index in [0.29, 0.717) is 0 Å². The Bertz CT molecular complexity index is 430. The summed E-state index contributed by atoms with van der Waals surface area (Å²) in [5.41, 5.74) is 0. The monoisotopic (exact) mass is 287 g/mol. The SMILES string of the molecule is CCOC(=O)C(NC(=O)c1cnns1)C(=O)OCC. The highest BCUT2D eigenvalue weighted by Gasteiger charge is 2.31. The van der Waals surface area contributed by atoms with E-state index in [4.69, 9.17) is 9.47 Å². The molecule has 1 amide bonds. The summed E-state index contributed by atoms with van der Waals surface area (Å²) in [6.45, 7) is 3.36. The van der Waals surface area contributed by atoms with E-state index in [9.17, 15) is 14.4 Å². The Morgan fingerprint density at radius 3 is 2.26 bits per heavy atom. The number of nitrogens with one attached hydrogen (secondary N) is 1. The first-order valence-corrected chi connectivity index (χ1v) is 6.29. The van der Waals surface area contributed by atoms with Crippen molar-refractivity contribution in [2.75, 3.05) is 13.2 Å². The van der Waals surface area contributed by atoms with Crippen LogP contribution in [0.4, 0.5) is 0 Å². The molecule has 0 aliphatic rings. The summed E-state index contributed by atoms with van der Waals surface area (Å²) in [7, 11) is 0. The largest absolute Gasteiger partial charge is 0.464 e. The summed E-state index contributed by atoms with van der Waals surface area (Å²) >= 11 is 0.846. The summed E-state index contributed by atoms with van der Waals surface area (Å²) in [5, 5.41) is 5.72. The second kappa shape index (κ2) is 7.41. The van der Waals surface area contributed by atoms with Gasteiger partial charge in [0, 0.05) is 0 Å². The zero-order valence-corrected chi connectivity index (χ0v) is 11.2. The van der Waals surface area contributed by atoms with Gasteiger partial charge in [0.2, 0.25) is 6.04 Å². The quantitative estimate of drug-likeness (QED) is 0.568. The van der Waals surface area contributed by atoms with Gasteiger partial charge in [-0.25, -0.2) is 9.59 Å². The van der Waals surface area contributed by atoms with Gasteiger partial charge in [-0.15, -0.1) is 5.10 Å². The van der Waals surface area contributed by atoms with Crippen LogP contribution in [0.3, 0.4) is 0 Å². The molecule has 1 aromatic heterocycles. The summed E-state index contributed by atoms with van der Waals surface area (Å²) < 4.78 is 12.9. The average Bonchev–Trinajstić information content (AvgIpc) is 2.90. The summed E-state index contributed by atoms with van der Waals surface area (Å²) in [6.07, 6.45) is 1.23. The van der Waals surface area contributed by atoms with E-state index in [1.807, 2.05) is 0 Å². The third-order valence-corrected chi connectivity index (χ3v) is 2.57. The molecule has 19 heavy (non-hydrogen) atoms. The molecule has 0 saturated carbocycles. The third kappa shape index (κ3) is 4.28. The van der Waals surface area contributed by atoms with E-state index in [-0.39, 0.29) is 18.1 Å². The van der Waals surface area contributed by atoms with Crippen molar-refractivity contribution >= 4 is 29.4 Å². The Morgan fingerprint density at radius 1 is 1.26 bits per heavy atom. The molecule has 0 saturated heterocycles. The van der Waals surface area contributed by atoms with Gasteiger partial charge in [-0.2, -0.15) is 0 Å². The van der Waals surface area contributed by atoms with Gasteiger partial charge >= 0.3 is 11.9 Å². The van der Waals surface area contributed by atoms with Crippen molar-refractivity contribution in [3.63, 3.8) is 0 Å². The number of carbonyl (C=O) groups is 3. The Labute approximate surface area is 113 Å². The average molecular weight is 287 g/mol. The van der Waals surface area contributed by atoms with Crippen LogP contribution in [-0.2, 0) is 19.1 Å². The minimum Gasteiger partial charge on any atom is -0.464 e. The molecule has 0 fully saturated rings. The Hall–Kier alpha value is -2.03. The first-order chi connectivity index (χ1) is 9.10. The first-order valence-electron chi connectivity index (χ1n) is 5.51. The van der Waals surface area contributed by atoms with Gasteiger partial charge in [-0.1, -0.05) is 4.49 Å². The number of hydrogen-bond donors (Lipinski definition) is 1. The molecule has 0 aliphatic heterocycles. The zero-order valence-electron chi connectivity index (χ0n) is 10.4. The highest BCUT2D eigenvalue weighted by Crippen LogP contribution is 2.03. The maximum Gasteiger partial charge on any atom is 0.340 e. The molecule has 0 aromatic carbocycles. The van der Waals surface area contributed by atoms with Crippen molar-refractivity contribution in [1.29, 1.82) is 0 Å². The van der Waals surface area contributed by atoms with E-state index in [1.54, 1.807) is 13.8 Å². The molecule has 104 valence electrons. The van der Waals surface area contributed by atoms with Crippen molar-refractivity contribution in [3.05, 3.63) is 11.1 Å². The van der Waals surface area contributed by atoms with Gasteiger partial charge in [-0.05, 0) is 25.4 Å². The molecule has 0 bridgehead atoms. The molecular weight excluding hydrogens is 274 g/mol. The molecular formula is C10H13N3O5S. The van der Waals surface area contributed by atoms with Crippen LogP contribution in [0.25, 0.3) is 0 Å². The van der Waals surface area contributed by atoms with Crippen LogP contribution in [0, 0.1) is 0 Å². The number of aromatic nitrogens is 2. The van der Waals surface area contributed by atoms with E-state index in [2.05, 4.69) is 14.9 Å². The van der Waals surface area contributed by atoms with E-state index < -0.39 is 23.9 Å². The van der Waals surface area contributed by atoms with Crippen LogP contribution in [0.2, 0.25) is 0 Å². The molecule has 1 rings (SSSR count). The summed E-state index contributed by atoms with van der Waals surface area (Å²) in [4.78, 5) is 35.1. The van der Waals surface area contributed by atoms with Crippen LogP contribution in [0.1, 0.15) is 23.5 Å². The van der Waals surface area contributed by atoms with Gasteiger partial charge in [-0.3, -0.25) is 4.79 Å². The summed E-state index contributed by atoms with van der Waals surface area (Å²) in [6, 6.07) is -1.49. The molecule has 0 aliphatic carbocycles. The number of carbonyl (C=O) groups excluding carboxylic acids is 3. The minimum atomic E-state index is -1.49. The lowest BCUT2D eigenvalue weighted by Gasteiger charge is -2.14. The second-order valence-corrected chi connectivity index (χ2v) is 3.98. The third-order valence-electron chi connectivity index (χ3n) is 1.91. The molecule has 1 heterocycles. The molecule has 0 unspecified atom stereocenters. The predicted octanol–water partition coefficient (Wildman–Crippen LogP) is -0.237. The fourth-order valence-electron chi connectivity index (χ4n) is 1.13. The zero-order chi connectivity index (χ0) is 14.3. The van der Waals surface area contributed by atoms with Gasteiger partial charge in [0.05, 0.1) is 19.4 Å². The molecule has 9 heteroatoms. The number of rotatable bonds is 6.